The van der Waals surface area contributed by atoms with E-state index in [2.05, 4.69) is 15.9 Å². The van der Waals surface area contributed by atoms with E-state index < -0.39 is 0 Å². The van der Waals surface area contributed by atoms with Gasteiger partial charge in [-0.2, -0.15) is 0 Å². The molecule has 100 valence electrons. The quantitative estimate of drug-likeness (QED) is 0.888. The molecule has 2 N–H and O–H groups in total. The van der Waals surface area contributed by atoms with Crippen LogP contribution in [-0.2, 0) is 0 Å². The Labute approximate surface area is 126 Å². The number of nitrogens with zero attached hydrogens (tertiary/aromatic N) is 1. The minimum Gasteiger partial charge on any atom is -0.338 e. The maximum atomic E-state index is 12.3. The smallest absolute Gasteiger partial charge is 0.255 e. The topological polar surface area (TPSA) is 46.3 Å². The van der Waals surface area contributed by atoms with Crippen LogP contribution in [0.2, 0.25) is 5.02 Å². The van der Waals surface area contributed by atoms with Gasteiger partial charge in [-0.3, -0.25) is 4.79 Å². The first-order valence-corrected chi connectivity index (χ1v) is 6.73. The predicted octanol–water partition coefficient (Wildman–Crippen LogP) is 2.95. The molecule has 2 rings (SSSR count). The van der Waals surface area contributed by atoms with Crippen LogP contribution in [-0.4, -0.2) is 30.4 Å². The first-order valence-electron chi connectivity index (χ1n) is 5.56. The molecule has 0 aromatic heterocycles. The zero-order valence-corrected chi connectivity index (χ0v) is 12.9. The average Bonchev–Trinajstić information content (AvgIpc) is 2.80. The van der Waals surface area contributed by atoms with Gasteiger partial charge in [0, 0.05) is 17.6 Å². The number of hydrogen-bond donors (Lipinski definition) is 1. The van der Waals surface area contributed by atoms with Gasteiger partial charge < -0.3 is 10.6 Å². The van der Waals surface area contributed by atoms with Crippen molar-refractivity contribution in [2.24, 2.45) is 11.7 Å². The van der Waals surface area contributed by atoms with Crippen molar-refractivity contribution in [2.75, 3.05) is 19.6 Å². The van der Waals surface area contributed by atoms with E-state index in [1.807, 2.05) is 11.0 Å². The fraction of sp³-hybridized carbons (Fsp3) is 0.417. The number of likely N-dealkylation sites (tertiary alicyclic amines) is 1. The van der Waals surface area contributed by atoms with Crippen LogP contribution in [0.4, 0.5) is 0 Å². The van der Waals surface area contributed by atoms with Gasteiger partial charge in [-0.05, 0) is 37.1 Å². The Hall–Kier alpha value is -0.290. The SMILES string of the molecule is Cl.NCC1CCN(C(=O)c2cc(Br)ccc2Cl)C1. The molecular weight excluding hydrogens is 339 g/mol. The molecule has 1 heterocycles. The zero-order chi connectivity index (χ0) is 12.4. The lowest BCUT2D eigenvalue weighted by molar-refractivity contribution is 0.0788. The molecule has 1 aromatic rings. The number of benzene rings is 1. The van der Waals surface area contributed by atoms with Crippen molar-refractivity contribution in [1.29, 1.82) is 0 Å². The molecule has 0 bridgehead atoms. The molecule has 1 aromatic carbocycles. The van der Waals surface area contributed by atoms with Crippen molar-refractivity contribution in [3.8, 4) is 0 Å². The normalized spacial score (nSPS) is 18.6. The predicted molar refractivity (Wildman–Crippen MR) is 79.5 cm³/mol. The first-order chi connectivity index (χ1) is 8.11. The maximum Gasteiger partial charge on any atom is 0.255 e. The largest absolute Gasteiger partial charge is 0.338 e. The standard InChI is InChI=1S/C12H14BrClN2O.ClH/c13-9-1-2-11(14)10(5-9)12(17)16-4-3-8(6-15)7-16;/h1-2,5,8H,3-4,6-7,15H2;1H. The van der Waals surface area contributed by atoms with Gasteiger partial charge in [-0.25, -0.2) is 0 Å². The Kier molecular flexibility index (Phi) is 5.92. The molecule has 6 heteroatoms. The van der Waals surface area contributed by atoms with Gasteiger partial charge in [-0.1, -0.05) is 27.5 Å². The number of halogens is 3. The third-order valence-corrected chi connectivity index (χ3v) is 3.89. The number of nitrogens with two attached hydrogens (primary N) is 1. The van der Waals surface area contributed by atoms with E-state index in [1.54, 1.807) is 12.1 Å². The molecule has 1 aliphatic rings. The lowest BCUT2D eigenvalue weighted by atomic mass is 10.1. The minimum atomic E-state index is -0.00718. The molecule has 18 heavy (non-hydrogen) atoms. The van der Waals surface area contributed by atoms with Crippen molar-refractivity contribution < 1.29 is 4.79 Å². The van der Waals surface area contributed by atoms with Crippen LogP contribution in [0.1, 0.15) is 16.8 Å². The van der Waals surface area contributed by atoms with Gasteiger partial charge in [0.1, 0.15) is 0 Å². The molecular formula is C12H15BrCl2N2O. The summed E-state index contributed by atoms with van der Waals surface area (Å²) in [5, 5.41) is 0.495. The second kappa shape index (κ2) is 6.75. The molecule has 1 amide bonds. The van der Waals surface area contributed by atoms with Gasteiger partial charge >= 0.3 is 0 Å². The first kappa shape index (κ1) is 15.8. The van der Waals surface area contributed by atoms with Crippen molar-refractivity contribution in [3.63, 3.8) is 0 Å². The number of carbonyl (C=O) groups excluding carboxylic acids is 1. The van der Waals surface area contributed by atoms with E-state index in [-0.39, 0.29) is 18.3 Å². The van der Waals surface area contributed by atoms with Crippen LogP contribution in [0, 0.1) is 5.92 Å². The van der Waals surface area contributed by atoms with Gasteiger partial charge in [0.2, 0.25) is 0 Å². The van der Waals surface area contributed by atoms with E-state index in [1.165, 1.54) is 0 Å². The van der Waals surface area contributed by atoms with Crippen LogP contribution >= 0.6 is 39.9 Å². The fourth-order valence-corrected chi connectivity index (χ4v) is 2.60. The molecule has 1 atom stereocenters. The fourth-order valence-electron chi connectivity index (χ4n) is 2.04. The highest BCUT2D eigenvalue weighted by Crippen LogP contribution is 2.25. The molecule has 1 aliphatic heterocycles. The lowest BCUT2D eigenvalue weighted by Crippen LogP contribution is -2.30. The van der Waals surface area contributed by atoms with Gasteiger partial charge in [0.15, 0.2) is 0 Å². The molecule has 1 saturated heterocycles. The summed E-state index contributed by atoms with van der Waals surface area (Å²) in [4.78, 5) is 14.1. The second-order valence-corrected chi connectivity index (χ2v) is 5.59. The maximum absolute atomic E-state index is 12.3. The van der Waals surface area contributed by atoms with E-state index in [4.69, 9.17) is 17.3 Å². The van der Waals surface area contributed by atoms with Crippen LogP contribution in [0.25, 0.3) is 0 Å². The summed E-state index contributed by atoms with van der Waals surface area (Å²) in [7, 11) is 0. The van der Waals surface area contributed by atoms with E-state index >= 15 is 0 Å². The monoisotopic (exact) mass is 352 g/mol. The van der Waals surface area contributed by atoms with Gasteiger partial charge in [0.05, 0.1) is 10.6 Å². The summed E-state index contributed by atoms with van der Waals surface area (Å²) < 4.78 is 0.861. The third-order valence-electron chi connectivity index (χ3n) is 3.07. The van der Waals surface area contributed by atoms with Crippen LogP contribution < -0.4 is 5.73 Å². The molecule has 0 saturated carbocycles. The Morgan fingerprint density at radius 1 is 1.56 bits per heavy atom. The van der Waals surface area contributed by atoms with E-state index in [9.17, 15) is 4.79 Å². The van der Waals surface area contributed by atoms with E-state index in [0.29, 0.717) is 23.0 Å². The summed E-state index contributed by atoms with van der Waals surface area (Å²) in [5.74, 6) is 0.414. The van der Waals surface area contributed by atoms with Crippen LogP contribution in [0.3, 0.4) is 0 Å². The number of carbonyl (C=O) groups is 1. The highest BCUT2D eigenvalue weighted by Gasteiger charge is 2.27. The highest BCUT2D eigenvalue weighted by atomic mass is 79.9. The van der Waals surface area contributed by atoms with Crippen molar-refractivity contribution in [2.45, 2.75) is 6.42 Å². The average molecular weight is 354 g/mol. The summed E-state index contributed by atoms with van der Waals surface area (Å²) in [5.41, 5.74) is 6.17. The summed E-state index contributed by atoms with van der Waals surface area (Å²) in [6.07, 6.45) is 0.980. The molecule has 0 radical (unpaired) electrons. The number of hydrogen-bond acceptors (Lipinski definition) is 2. The Balaban J connectivity index is 0.00000162. The third kappa shape index (κ3) is 3.38. The van der Waals surface area contributed by atoms with Crippen LogP contribution in [0.15, 0.2) is 22.7 Å². The summed E-state index contributed by atoms with van der Waals surface area (Å²) in [6, 6.07) is 5.32. The molecule has 0 spiro atoms. The van der Waals surface area contributed by atoms with Crippen molar-refractivity contribution in [1.82, 2.24) is 4.90 Å². The Bertz CT molecular complexity index is 442. The Morgan fingerprint density at radius 2 is 2.28 bits per heavy atom. The van der Waals surface area contributed by atoms with Gasteiger partial charge in [-0.15, -0.1) is 12.4 Å². The van der Waals surface area contributed by atoms with E-state index in [0.717, 1.165) is 24.0 Å². The Morgan fingerprint density at radius 3 is 2.89 bits per heavy atom. The second-order valence-electron chi connectivity index (χ2n) is 4.27. The summed E-state index contributed by atoms with van der Waals surface area (Å²) in [6.45, 7) is 2.14. The molecule has 0 aliphatic carbocycles. The van der Waals surface area contributed by atoms with Crippen LogP contribution in [0.5, 0.6) is 0 Å². The minimum absolute atomic E-state index is 0. The van der Waals surface area contributed by atoms with Gasteiger partial charge in [0.25, 0.3) is 5.91 Å². The zero-order valence-electron chi connectivity index (χ0n) is 9.73. The molecule has 1 unspecified atom stereocenters. The number of amides is 1. The summed E-state index contributed by atoms with van der Waals surface area (Å²) >= 11 is 9.40. The number of rotatable bonds is 2. The molecule has 1 fully saturated rings. The highest BCUT2D eigenvalue weighted by molar-refractivity contribution is 9.10. The van der Waals surface area contributed by atoms with Crippen molar-refractivity contribution in [3.05, 3.63) is 33.3 Å². The molecule has 3 nitrogen and oxygen atoms in total. The van der Waals surface area contributed by atoms with Crippen molar-refractivity contribution >= 4 is 45.8 Å². The lowest BCUT2D eigenvalue weighted by Gasteiger charge is -2.17.